The molecular formula is C15H24. The monoisotopic (exact) mass is 204 g/mol. The number of rotatable bonds is 1. The predicted octanol–water partition coefficient (Wildman–Crippen LogP) is 4.58. The Balaban J connectivity index is 2.24. The van der Waals surface area contributed by atoms with Gasteiger partial charge in [-0.2, -0.15) is 0 Å². The Hall–Kier alpha value is -0.520. The molecule has 0 heterocycles. The molecule has 4 atom stereocenters. The van der Waals surface area contributed by atoms with Crippen LogP contribution in [0.2, 0.25) is 0 Å². The van der Waals surface area contributed by atoms with Gasteiger partial charge < -0.3 is 0 Å². The lowest BCUT2D eigenvalue weighted by molar-refractivity contribution is 0.135. The van der Waals surface area contributed by atoms with Gasteiger partial charge in [-0.25, -0.2) is 0 Å². The van der Waals surface area contributed by atoms with E-state index in [2.05, 4.69) is 33.4 Å². The molecule has 84 valence electrons. The van der Waals surface area contributed by atoms with Gasteiger partial charge >= 0.3 is 0 Å². The zero-order valence-corrected chi connectivity index (χ0v) is 10.4. The first-order valence-electron chi connectivity index (χ1n) is 6.42. The minimum atomic E-state index is 0.765. The van der Waals surface area contributed by atoms with Crippen molar-refractivity contribution >= 4 is 0 Å². The van der Waals surface area contributed by atoms with Gasteiger partial charge in [-0.3, -0.25) is 0 Å². The first-order chi connectivity index (χ1) is 7.09. The van der Waals surface area contributed by atoms with Crippen molar-refractivity contribution in [2.24, 2.45) is 23.7 Å². The van der Waals surface area contributed by atoms with Crippen LogP contribution >= 0.6 is 0 Å². The second kappa shape index (κ2) is 4.15. The fraction of sp³-hybridized carbons (Fsp3) is 0.733. The largest absolute Gasteiger partial charge is 0.0998 e. The van der Waals surface area contributed by atoms with Crippen molar-refractivity contribution in [2.75, 3.05) is 0 Å². The Bertz CT molecular complexity index is 284. The van der Waals surface area contributed by atoms with Gasteiger partial charge in [0.2, 0.25) is 0 Å². The van der Waals surface area contributed by atoms with Crippen molar-refractivity contribution in [3.63, 3.8) is 0 Å². The molecular weight excluding hydrogens is 180 g/mol. The summed E-state index contributed by atoms with van der Waals surface area (Å²) < 4.78 is 0. The quantitative estimate of drug-likeness (QED) is 0.548. The maximum atomic E-state index is 4.19. The summed E-state index contributed by atoms with van der Waals surface area (Å²) in [5.41, 5.74) is 3.01. The van der Waals surface area contributed by atoms with E-state index >= 15 is 0 Å². The highest BCUT2D eigenvalue weighted by atomic mass is 14.4. The second-order valence-electron chi connectivity index (χ2n) is 5.80. The van der Waals surface area contributed by atoms with Crippen LogP contribution < -0.4 is 0 Å². The van der Waals surface area contributed by atoms with Gasteiger partial charge in [0, 0.05) is 0 Å². The summed E-state index contributed by atoms with van der Waals surface area (Å²) in [5.74, 6) is 3.43. The molecule has 0 N–H and O–H groups in total. The van der Waals surface area contributed by atoms with Gasteiger partial charge in [0.05, 0.1) is 0 Å². The molecule has 0 aromatic heterocycles. The topological polar surface area (TPSA) is 0 Å². The van der Waals surface area contributed by atoms with Crippen LogP contribution in [-0.2, 0) is 0 Å². The molecule has 1 saturated carbocycles. The van der Waals surface area contributed by atoms with Crippen molar-refractivity contribution in [3.8, 4) is 0 Å². The Labute approximate surface area is 94.5 Å². The Kier molecular flexibility index (Phi) is 3.04. The molecule has 0 radical (unpaired) electrons. The van der Waals surface area contributed by atoms with Crippen LogP contribution in [0.5, 0.6) is 0 Å². The summed E-state index contributed by atoms with van der Waals surface area (Å²) in [5, 5.41) is 0. The fourth-order valence-corrected chi connectivity index (χ4v) is 3.62. The molecule has 0 bridgehead atoms. The Morgan fingerprint density at radius 1 is 1.33 bits per heavy atom. The van der Waals surface area contributed by atoms with Crippen LogP contribution in [-0.4, -0.2) is 0 Å². The highest BCUT2D eigenvalue weighted by Gasteiger charge is 2.37. The van der Waals surface area contributed by atoms with Crippen molar-refractivity contribution < 1.29 is 0 Å². The van der Waals surface area contributed by atoms with E-state index in [1.165, 1.54) is 31.3 Å². The van der Waals surface area contributed by atoms with E-state index in [0.29, 0.717) is 0 Å². The lowest BCUT2D eigenvalue weighted by Gasteiger charge is -2.44. The van der Waals surface area contributed by atoms with Crippen molar-refractivity contribution in [1.82, 2.24) is 0 Å². The summed E-state index contributed by atoms with van der Waals surface area (Å²) in [4.78, 5) is 0. The summed E-state index contributed by atoms with van der Waals surface area (Å²) >= 11 is 0. The number of allylic oxidation sites excluding steroid dienone is 3. The molecule has 15 heavy (non-hydrogen) atoms. The maximum absolute atomic E-state index is 4.19. The highest BCUT2D eigenvalue weighted by molar-refractivity contribution is 5.15. The minimum absolute atomic E-state index is 0.765. The van der Waals surface area contributed by atoms with E-state index in [-0.39, 0.29) is 0 Å². The van der Waals surface area contributed by atoms with Crippen LogP contribution in [0.4, 0.5) is 0 Å². The van der Waals surface area contributed by atoms with Gasteiger partial charge in [0.25, 0.3) is 0 Å². The van der Waals surface area contributed by atoms with Crippen molar-refractivity contribution in [3.05, 3.63) is 23.8 Å². The van der Waals surface area contributed by atoms with E-state index < -0.39 is 0 Å². The average Bonchev–Trinajstić information content (AvgIpc) is 2.17. The highest BCUT2D eigenvalue weighted by Crippen LogP contribution is 2.47. The molecule has 2 aliphatic rings. The van der Waals surface area contributed by atoms with Crippen LogP contribution in [0.15, 0.2) is 23.8 Å². The van der Waals surface area contributed by atoms with Crippen molar-refractivity contribution in [1.29, 1.82) is 0 Å². The molecule has 0 heteroatoms. The first kappa shape index (κ1) is 11.0. The molecule has 0 amide bonds. The third-order valence-electron chi connectivity index (χ3n) is 4.60. The van der Waals surface area contributed by atoms with Crippen molar-refractivity contribution in [2.45, 2.75) is 46.5 Å². The first-order valence-corrected chi connectivity index (χ1v) is 6.42. The van der Waals surface area contributed by atoms with Gasteiger partial charge in [-0.15, -0.1) is 0 Å². The minimum Gasteiger partial charge on any atom is -0.0998 e. The van der Waals surface area contributed by atoms with Gasteiger partial charge in [0.15, 0.2) is 0 Å². The molecule has 0 aromatic carbocycles. The maximum Gasteiger partial charge on any atom is -0.0134 e. The SMILES string of the molecule is C=C(C)[C@H]1CC[C@H](C)[C@@H]2CCC(C)=C[C@@H]21. The molecule has 0 aromatic rings. The third-order valence-corrected chi connectivity index (χ3v) is 4.60. The molecule has 0 unspecified atom stereocenters. The second-order valence-corrected chi connectivity index (χ2v) is 5.80. The van der Waals surface area contributed by atoms with Gasteiger partial charge in [-0.05, 0) is 63.2 Å². The molecule has 0 spiro atoms. The van der Waals surface area contributed by atoms with Gasteiger partial charge in [-0.1, -0.05) is 30.7 Å². The van der Waals surface area contributed by atoms with Crippen LogP contribution in [0, 0.1) is 23.7 Å². The lowest BCUT2D eigenvalue weighted by Crippen LogP contribution is -2.34. The molecule has 0 nitrogen and oxygen atoms in total. The summed E-state index contributed by atoms with van der Waals surface area (Å²) in [7, 11) is 0. The van der Waals surface area contributed by atoms with E-state index in [9.17, 15) is 0 Å². The van der Waals surface area contributed by atoms with E-state index in [0.717, 1.165) is 23.7 Å². The average molecular weight is 204 g/mol. The van der Waals surface area contributed by atoms with Crippen LogP contribution in [0.25, 0.3) is 0 Å². The molecule has 2 aliphatic carbocycles. The van der Waals surface area contributed by atoms with E-state index in [4.69, 9.17) is 0 Å². The summed E-state index contributed by atoms with van der Waals surface area (Å²) in [6.07, 6.45) is 8.07. The molecule has 1 fully saturated rings. The fourth-order valence-electron chi connectivity index (χ4n) is 3.62. The third kappa shape index (κ3) is 2.04. The summed E-state index contributed by atoms with van der Waals surface area (Å²) in [6.45, 7) is 11.2. The molecule has 0 saturated heterocycles. The Morgan fingerprint density at radius 2 is 2.07 bits per heavy atom. The zero-order chi connectivity index (χ0) is 11.0. The van der Waals surface area contributed by atoms with E-state index in [1.807, 2.05) is 0 Å². The molecule has 0 aliphatic heterocycles. The Morgan fingerprint density at radius 3 is 2.73 bits per heavy atom. The summed E-state index contributed by atoms with van der Waals surface area (Å²) in [6, 6.07) is 0. The number of hydrogen-bond donors (Lipinski definition) is 0. The number of hydrogen-bond acceptors (Lipinski definition) is 0. The van der Waals surface area contributed by atoms with Gasteiger partial charge in [0.1, 0.15) is 0 Å². The van der Waals surface area contributed by atoms with Crippen LogP contribution in [0.3, 0.4) is 0 Å². The smallest absolute Gasteiger partial charge is 0.0134 e. The van der Waals surface area contributed by atoms with E-state index in [1.54, 1.807) is 5.57 Å². The normalized spacial score (nSPS) is 40.6. The number of fused-ring (bicyclic) bond motifs is 1. The predicted molar refractivity (Wildman–Crippen MR) is 66.7 cm³/mol. The van der Waals surface area contributed by atoms with Crippen LogP contribution in [0.1, 0.15) is 46.5 Å². The standard InChI is InChI=1S/C15H24/c1-10(2)13-8-6-12(4)14-7-5-11(3)9-15(13)14/h9,12-15H,1,5-8H2,2-4H3/t12-,13+,14-,15+/m0/s1. The molecule has 2 rings (SSSR count). The lowest BCUT2D eigenvalue weighted by atomic mass is 9.61. The zero-order valence-electron chi connectivity index (χ0n) is 10.4.